The van der Waals surface area contributed by atoms with Crippen molar-refractivity contribution < 1.29 is 0 Å². The summed E-state index contributed by atoms with van der Waals surface area (Å²) in [6.45, 7) is 3.90. The van der Waals surface area contributed by atoms with Crippen molar-refractivity contribution in [3.63, 3.8) is 0 Å². The second-order valence-electron chi connectivity index (χ2n) is 5.84. The van der Waals surface area contributed by atoms with E-state index in [1.54, 1.807) is 13.8 Å². The zero-order chi connectivity index (χ0) is 23.2. The van der Waals surface area contributed by atoms with Crippen molar-refractivity contribution in [2.75, 3.05) is 22.9 Å². The van der Waals surface area contributed by atoms with Crippen molar-refractivity contribution in [1.82, 2.24) is 18.3 Å². The first kappa shape index (κ1) is 23.7. The molecular weight excluding hydrogens is 392 g/mol. The smallest absolute Gasteiger partial charge is 0.333 e. The van der Waals surface area contributed by atoms with Gasteiger partial charge in [0.1, 0.15) is 23.0 Å². The van der Waals surface area contributed by atoms with Crippen LogP contribution in [0.15, 0.2) is 19.2 Å². The lowest BCUT2D eigenvalue weighted by Crippen LogP contribution is -2.41. The molecule has 12 nitrogen and oxygen atoms in total. The van der Waals surface area contributed by atoms with E-state index in [0.29, 0.717) is 13.1 Å². The molecule has 30 heavy (non-hydrogen) atoms. The number of hydrogen-bond acceptors (Lipinski definition) is 8. The van der Waals surface area contributed by atoms with Gasteiger partial charge in [-0.25, -0.2) is 18.7 Å². The van der Waals surface area contributed by atoms with Gasteiger partial charge >= 0.3 is 11.4 Å². The minimum atomic E-state index is -0.639. The van der Waals surface area contributed by atoms with Crippen molar-refractivity contribution >= 4 is 23.0 Å². The lowest BCUT2D eigenvalue weighted by molar-refractivity contribution is 0.622. The van der Waals surface area contributed by atoms with Crippen LogP contribution in [0.5, 0.6) is 0 Å². The van der Waals surface area contributed by atoms with Crippen LogP contribution in [-0.2, 0) is 26.2 Å². The molecule has 0 bridgehead atoms. The van der Waals surface area contributed by atoms with E-state index in [1.165, 1.54) is 9.13 Å². The molecule has 2 aromatic rings. The Morgan fingerprint density at radius 2 is 0.967 bits per heavy atom. The highest BCUT2D eigenvalue weighted by atomic mass is 16.2. The zero-order valence-electron chi connectivity index (χ0n) is 16.7. The second-order valence-corrected chi connectivity index (χ2v) is 5.84. The van der Waals surface area contributed by atoms with E-state index in [-0.39, 0.29) is 36.1 Å². The Kier molecular flexibility index (Phi) is 7.71. The molecule has 0 radical (unpaired) electrons. The number of rotatable bonds is 4. The Labute approximate surface area is 171 Å². The molecule has 0 atom stereocenters. The molecule has 0 unspecified atom stereocenters. The van der Waals surface area contributed by atoms with Crippen LogP contribution in [-0.4, -0.2) is 18.3 Å². The fraction of sp³-hybridized carbons (Fsp3) is 0.333. The van der Waals surface area contributed by atoms with Crippen molar-refractivity contribution in [2.45, 2.75) is 40.0 Å². The van der Waals surface area contributed by atoms with Crippen molar-refractivity contribution in [3.05, 3.63) is 41.7 Å². The van der Waals surface area contributed by atoms with E-state index >= 15 is 0 Å². The molecule has 160 valence electrons. The molecule has 0 aliphatic rings. The summed E-state index contributed by atoms with van der Waals surface area (Å²) in [7, 11) is 0. The summed E-state index contributed by atoms with van der Waals surface area (Å²) >= 11 is 0. The maximum atomic E-state index is 11.7. The fourth-order valence-corrected chi connectivity index (χ4v) is 2.54. The van der Waals surface area contributed by atoms with Gasteiger partial charge in [0.15, 0.2) is 0 Å². The Hall–Kier alpha value is -4.32. The first-order valence-corrected chi connectivity index (χ1v) is 8.72. The quantitative estimate of drug-likeness (QED) is 0.398. The van der Waals surface area contributed by atoms with Gasteiger partial charge in [-0.05, 0) is 13.8 Å². The summed E-state index contributed by atoms with van der Waals surface area (Å²) in [5, 5.41) is 0. The van der Waals surface area contributed by atoms with Crippen molar-refractivity contribution in [2.24, 2.45) is 0 Å². The van der Waals surface area contributed by atoms with Crippen LogP contribution < -0.4 is 45.4 Å². The van der Waals surface area contributed by atoms with Gasteiger partial charge in [0, 0.05) is 13.1 Å². The monoisotopic (exact) mass is 416 g/mol. The minimum absolute atomic E-state index is 0.0132. The molecule has 0 fully saturated rings. The molecule has 0 aromatic carbocycles. The van der Waals surface area contributed by atoms with Gasteiger partial charge in [-0.2, -0.15) is 0 Å². The maximum absolute atomic E-state index is 11.7. The maximum Gasteiger partial charge on any atom is 0.333 e. The highest BCUT2D eigenvalue weighted by Gasteiger charge is 2.13. The predicted octanol–water partition coefficient (Wildman–Crippen LogP) is -2.34. The molecule has 2 heterocycles. The van der Waals surface area contributed by atoms with E-state index < -0.39 is 22.5 Å². The lowest BCUT2D eigenvalue weighted by Gasteiger charge is -2.11. The molecule has 0 spiro atoms. The third kappa shape index (κ3) is 4.23. The molecule has 0 aliphatic heterocycles. The highest BCUT2D eigenvalue weighted by Crippen LogP contribution is 2.05. The molecule has 0 aliphatic carbocycles. The van der Waals surface area contributed by atoms with Crippen LogP contribution in [0.3, 0.4) is 0 Å². The van der Waals surface area contributed by atoms with Crippen molar-refractivity contribution in [1.29, 1.82) is 0 Å². The summed E-state index contributed by atoms with van der Waals surface area (Å²) in [6.07, 6.45) is 10.1. The summed E-state index contributed by atoms with van der Waals surface area (Å²) in [6, 6.07) is 0. The van der Waals surface area contributed by atoms with E-state index in [4.69, 9.17) is 35.8 Å². The fourth-order valence-electron chi connectivity index (χ4n) is 2.54. The standard InChI is InChI=1S/2C9H12N4O2/c2*1-3-5-13-8(14)6(10)7(11)12(4-2)9(13)15/h2*1H,4-5,10-11H2,2H3. The largest absolute Gasteiger partial charge is 0.391 e. The minimum Gasteiger partial charge on any atom is -0.391 e. The number of terminal acetylenes is 2. The SMILES string of the molecule is C#CCn1c(=O)c(N)c(N)n(CC)c1=O.C#CCn1c(=O)c(N)c(N)n(CC)c1=O. The molecule has 0 saturated heterocycles. The van der Waals surface area contributed by atoms with E-state index in [1.807, 2.05) is 0 Å². The van der Waals surface area contributed by atoms with Gasteiger partial charge < -0.3 is 22.9 Å². The van der Waals surface area contributed by atoms with E-state index in [0.717, 1.165) is 9.13 Å². The number of aromatic nitrogens is 4. The Balaban J connectivity index is 0.000000300. The van der Waals surface area contributed by atoms with Crippen LogP contribution in [0, 0.1) is 24.7 Å². The Morgan fingerprint density at radius 3 is 1.20 bits per heavy atom. The van der Waals surface area contributed by atoms with Crippen LogP contribution in [0.1, 0.15) is 13.8 Å². The third-order valence-corrected chi connectivity index (χ3v) is 4.14. The second kappa shape index (κ2) is 9.75. The topological polar surface area (TPSA) is 192 Å². The van der Waals surface area contributed by atoms with Gasteiger partial charge in [-0.15, -0.1) is 12.8 Å². The molecule has 0 amide bonds. The van der Waals surface area contributed by atoms with E-state index in [9.17, 15) is 19.2 Å². The molecule has 8 N–H and O–H groups in total. The summed E-state index contributed by atoms with van der Waals surface area (Å²) in [5.41, 5.74) is 19.4. The predicted molar refractivity (Wildman–Crippen MR) is 117 cm³/mol. The average Bonchev–Trinajstić information content (AvgIpc) is 2.72. The Morgan fingerprint density at radius 1 is 0.667 bits per heavy atom. The molecule has 0 saturated carbocycles. The first-order chi connectivity index (χ1) is 14.1. The number of hydrogen-bond donors (Lipinski definition) is 4. The van der Waals surface area contributed by atoms with Crippen LogP contribution >= 0.6 is 0 Å². The molecule has 12 heteroatoms. The number of anilines is 4. The Bertz CT molecular complexity index is 1170. The molecule has 2 rings (SSSR count). The molecular formula is C18H24N8O4. The number of nitrogen functional groups attached to an aromatic ring is 4. The number of nitrogens with zero attached hydrogens (tertiary/aromatic N) is 4. The van der Waals surface area contributed by atoms with Gasteiger partial charge in [-0.1, -0.05) is 11.8 Å². The van der Waals surface area contributed by atoms with Crippen LogP contribution in [0.4, 0.5) is 23.0 Å². The van der Waals surface area contributed by atoms with Crippen LogP contribution in [0.25, 0.3) is 0 Å². The summed E-state index contributed by atoms with van der Waals surface area (Å²) in [5.74, 6) is 4.41. The lowest BCUT2D eigenvalue weighted by atomic mass is 10.4. The van der Waals surface area contributed by atoms with Crippen molar-refractivity contribution in [3.8, 4) is 24.7 Å². The summed E-state index contributed by atoms with van der Waals surface area (Å²) < 4.78 is 4.17. The molecule has 2 aromatic heterocycles. The average molecular weight is 416 g/mol. The first-order valence-electron chi connectivity index (χ1n) is 8.72. The van der Waals surface area contributed by atoms with Gasteiger partial charge in [0.05, 0.1) is 13.1 Å². The third-order valence-electron chi connectivity index (χ3n) is 4.14. The zero-order valence-corrected chi connectivity index (χ0v) is 16.7. The van der Waals surface area contributed by atoms with Gasteiger partial charge in [0.2, 0.25) is 0 Å². The highest BCUT2D eigenvalue weighted by molar-refractivity contribution is 5.57. The number of nitrogens with two attached hydrogens (primary N) is 4. The van der Waals surface area contributed by atoms with Gasteiger partial charge in [0.25, 0.3) is 11.1 Å². The van der Waals surface area contributed by atoms with Gasteiger partial charge in [-0.3, -0.25) is 18.7 Å². The van der Waals surface area contributed by atoms with E-state index in [2.05, 4.69) is 11.8 Å². The summed E-state index contributed by atoms with van der Waals surface area (Å²) in [4.78, 5) is 46.4. The normalized spacial score (nSPS) is 9.87. The van der Waals surface area contributed by atoms with Crippen LogP contribution in [0.2, 0.25) is 0 Å².